The Morgan fingerprint density at radius 2 is 2.12 bits per heavy atom. The number of nitrogens with one attached hydrogen (secondary N) is 1. The average molecular weight is 226 g/mol. The maximum atomic E-state index is 4.73. The van der Waals surface area contributed by atoms with E-state index in [1.807, 2.05) is 19.1 Å². The van der Waals surface area contributed by atoms with E-state index >= 15 is 0 Å². The highest BCUT2D eigenvalue weighted by molar-refractivity contribution is 5.90. The molecule has 88 valence electrons. The molecule has 0 atom stereocenters. The molecule has 2 rings (SSSR count). The molecule has 0 fully saturated rings. The van der Waals surface area contributed by atoms with E-state index in [-0.39, 0.29) is 0 Å². The summed E-state index contributed by atoms with van der Waals surface area (Å²) in [7, 11) is 0. The number of nitrogens with zero attached hydrogens (tertiary/aromatic N) is 1. The first-order valence-electron chi connectivity index (χ1n) is 5.95. The SMILES string of the molecule is C=Cc1[nH]c2ccc(C(C)C)nc2c1/C=C\C. The molecule has 0 aliphatic rings. The minimum atomic E-state index is 0.444. The number of allylic oxidation sites excluding steroid dienone is 1. The van der Waals surface area contributed by atoms with Gasteiger partial charge >= 0.3 is 0 Å². The van der Waals surface area contributed by atoms with Crippen LogP contribution in [-0.2, 0) is 0 Å². The lowest BCUT2D eigenvalue weighted by molar-refractivity contribution is 0.830. The summed E-state index contributed by atoms with van der Waals surface area (Å²) in [6.45, 7) is 10.2. The molecule has 0 radical (unpaired) electrons. The summed E-state index contributed by atoms with van der Waals surface area (Å²) in [5.41, 5.74) is 5.38. The van der Waals surface area contributed by atoms with Gasteiger partial charge in [-0.1, -0.05) is 32.6 Å². The highest BCUT2D eigenvalue weighted by Crippen LogP contribution is 2.25. The Labute approximate surface area is 102 Å². The minimum Gasteiger partial charge on any atom is -0.353 e. The van der Waals surface area contributed by atoms with Crippen molar-refractivity contribution in [3.8, 4) is 0 Å². The molecular formula is C15H18N2. The second-order valence-electron chi connectivity index (χ2n) is 4.44. The molecule has 0 aliphatic heterocycles. The van der Waals surface area contributed by atoms with Gasteiger partial charge in [-0.2, -0.15) is 0 Å². The maximum Gasteiger partial charge on any atom is 0.0960 e. The number of aromatic amines is 1. The van der Waals surface area contributed by atoms with Gasteiger partial charge in [0.05, 0.1) is 11.0 Å². The second kappa shape index (κ2) is 4.58. The number of hydrogen-bond acceptors (Lipinski definition) is 1. The third-order valence-electron chi connectivity index (χ3n) is 2.86. The van der Waals surface area contributed by atoms with Gasteiger partial charge < -0.3 is 4.98 Å². The van der Waals surface area contributed by atoms with Gasteiger partial charge in [0, 0.05) is 17.0 Å². The zero-order chi connectivity index (χ0) is 12.4. The first kappa shape index (κ1) is 11.6. The number of H-pyrrole nitrogens is 1. The van der Waals surface area contributed by atoms with Gasteiger partial charge in [0.15, 0.2) is 0 Å². The molecule has 1 N–H and O–H groups in total. The van der Waals surface area contributed by atoms with Gasteiger partial charge in [0.1, 0.15) is 0 Å². The maximum absolute atomic E-state index is 4.73. The molecule has 0 aromatic carbocycles. The van der Waals surface area contributed by atoms with Gasteiger partial charge in [-0.15, -0.1) is 0 Å². The first-order valence-corrected chi connectivity index (χ1v) is 5.95. The van der Waals surface area contributed by atoms with E-state index in [1.54, 1.807) is 0 Å². The molecule has 17 heavy (non-hydrogen) atoms. The summed E-state index contributed by atoms with van der Waals surface area (Å²) in [6.07, 6.45) is 5.94. The summed E-state index contributed by atoms with van der Waals surface area (Å²) in [5, 5.41) is 0. The predicted molar refractivity (Wildman–Crippen MR) is 75.0 cm³/mol. The van der Waals surface area contributed by atoms with Crippen LogP contribution in [0.15, 0.2) is 24.8 Å². The quantitative estimate of drug-likeness (QED) is 0.827. The topological polar surface area (TPSA) is 28.7 Å². The van der Waals surface area contributed by atoms with Crippen LogP contribution in [0.2, 0.25) is 0 Å². The average Bonchev–Trinajstić information content (AvgIpc) is 2.67. The number of fused-ring (bicyclic) bond motifs is 1. The highest BCUT2D eigenvalue weighted by Gasteiger charge is 2.10. The van der Waals surface area contributed by atoms with Gasteiger partial charge in [-0.05, 0) is 31.1 Å². The third kappa shape index (κ3) is 2.03. The smallest absolute Gasteiger partial charge is 0.0960 e. The van der Waals surface area contributed by atoms with Crippen LogP contribution >= 0.6 is 0 Å². The fourth-order valence-corrected chi connectivity index (χ4v) is 1.94. The molecule has 0 bridgehead atoms. The number of pyridine rings is 1. The Hall–Kier alpha value is -1.83. The van der Waals surface area contributed by atoms with E-state index in [1.165, 1.54) is 0 Å². The Bertz CT molecular complexity index is 574. The fraction of sp³-hybridized carbons (Fsp3) is 0.267. The zero-order valence-electron chi connectivity index (χ0n) is 10.6. The van der Waals surface area contributed by atoms with E-state index < -0.39 is 0 Å². The summed E-state index contributed by atoms with van der Waals surface area (Å²) >= 11 is 0. The van der Waals surface area contributed by atoms with Crippen LogP contribution in [0.1, 0.15) is 43.6 Å². The van der Waals surface area contributed by atoms with Crippen molar-refractivity contribution in [2.45, 2.75) is 26.7 Å². The second-order valence-corrected chi connectivity index (χ2v) is 4.44. The molecule has 2 nitrogen and oxygen atoms in total. The molecule has 2 aromatic rings. The van der Waals surface area contributed by atoms with Crippen molar-refractivity contribution in [2.75, 3.05) is 0 Å². The van der Waals surface area contributed by atoms with Crippen LogP contribution in [0, 0.1) is 0 Å². The molecular weight excluding hydrogens is 208 g/mol. The number of hydrogen-bond donors (Lipinski definition) is 1. The van der Waals surface area contributed by atoms with Crippen molar-refractivity contribution in [3.05, 3.63) is 41.7 Å². The van der Waals surface area contributed by atoms with E-state index in [9.17, 15) is 0 Å². The Kier molecular flexibility index (Phi) is 3.14. The molecule has 0 unspecified atom stereocenters. The van der Waals surface area contributed by atoms with Crippen LogP contribution in [0.25, 0.3) is 23.2 Å². The van der Waals surface area contributed by atoms with Crippen molar-refractivity contribution in [3.63, 3.8) is 0 Å². The van der Waals surface area contributed by atoms with Crippen LogP contribution in [-0.4, -0.2) is 9.97 Å². The van der Waals surface area contributed by atoms with Crippen molar-refractivity contribution in [2.24, 2.45) is 0 Å². The zero-order valence-corrected chi connectivity index (χ0v) is 10.6. The van der Waals surface area contributed by atoms with Crippen LogP contribution in [0.5, 0.6) is 0 Å². The summed E-state index contributed by atoms with van der Waals surface area (Å²) in [6, 6.07) is 4.17. The normalized spacial score (nSPS) is 11.8. The molecule has 2 heterocycles. The monoisotopic (exact) mass is 226 g/mol. The molecule has 0 saturated heterocycles. The minimum absolute atomic E-state index is 0.444. The largest absolute Gasteiger partial charge is 0.353 e. The molecule has 0 spiro atoms. The van der Waals surface area contributed by atoms with Gasteiger partial charge in [0.25, 0.3) is 0 Å². The van der Waals surface area contributed by atoms with E-state index in [0.717, 1.165) is 28.0 Å². The van der Waals surface area contributed by atoms with Crippen LogP contribution < -0.4 is 0 Å². The third-order valence-corrected chi connectivity index (χ3v) is 2.86. The standard InChI is InChI=1S/C15H18N2/c1-5-7-11-12(6-2)16-14-9-8-13(10(3)4)17-15(11)14/h5-10,16H,2H2,1,3-4H3/b7-5-. The molecule has 2 heteroatoms. The van der Waals surface area contributed by atoms with Crippen molar-refractivity contribution in [1.82, 2.24) is 9.97 Å². The lowest BCUT2D eigenvalue weighted by Crippen LogP contribution is -1.92. The lowest BCUT2D eigenvalue weighted by Gasteiger charge is -2.03. The molecule has 2 aromatic heterocycles. The summed E-state index contributed by atoms with van der Waals surface area (Å²) in [4.78, 5) is 8.06. The number of rotatable bonds is 3. The van der Waals surface area contributed by atoms with Crippen molar-refractivity contribution >= 4 is 23.2 Å². The Morgan fingerprint density at radius 1 is 1.35 bits per heavy atom. The first-order chi connectivity index (χ1) is 8.17. The van der Waals surface area contributed by atoms with Gasteiger partial charge in [-0.25, -0.2) is 0 Å². The van der Waals surface area contributed by atoms with E-state index in [4.69, 9.17) is 4.98 Å². The van der Waals surface area contributed by atoms with E-state index in [2.05, 4.69) is 43.6 Å². The van der Waals surface area contributed by atoms with Crippen LogP contribution in [0.3, 0.4) is 0 Å². The molecule has 0 aliphatic carbocycles. The highest BCUT2D eigenvalue weighted by atomic mass is 14.8. The predicted octanol–water partition coefficient (Wildman–Crippen LogP) is 4.36. The Balaban J connectivity index is 2.73. The van der Waals surface area contributed by atoms with Crippen LogP contribution in [0.4, 0.5) is 0 Å². The van der Waals surface area contributed by atoms with Crippen molar-refractivity contribution < 1.29 is 0 Å². The fourth-order valence-electron chi connectivity index (χ4n) is 1.94. The van der Waals surface area contributed by atoms with Gasteiger partial charge in [0.2, 0.25) is 0 Å². The summed E-state index contributed by atoms with van der Waals surface area (Å²) in [5.74, 6) is 0.444. The Morgan fingerprint density at radius 3 is 2.71 bits per heavy atom. The lowest BCUT2D eigenvalue weighted by atomic mass is 10.1. The van der Waals surface area contributed by atoms with Gasteiger partial charge in [-0.3, -0.25) is 4.98 Å². The molecule has 0 amide bonds. The summed E-state index contributed by atoms with van der Waals surface area (Å²) < 4.78 is 0. The van der Waals surface area contributed by atoms with Crippen molar-refractivity contribution in [1.29, 1.82) is 0 Å². The number of aromatic nitrogens is 2. The van der Waals surface area contributed by atoms with E-state index in [0.29, 0.717) is 5.92 Å². The molecule has 0 saturated carbocycles.